The number of rotatable bonds is 3. The van der Waals surface area contributed by atoms with Gasteiger partial charge in [-0.15, -0.1) is 10.2 Å². The number of anilines is 2. The van der Waals surface area contributed by atoms with Crippen molar-refractivity contribution in [3.8, 4) is 0 Å². The molecule has 8 nitrogen and oxygen atoms in total. The van der Waals surface area contributed by atoms with Gasteiger partial charge in [0.1, 0.15) is 0 Å². The number of hydrogen-bond acceptors (Lipinski definition) is 5. The molecule has 0 unspecified atom stereocenters. The molecular formula is C19H21N7O. The molecule has 2 fully saturated rings. The van der Waals surface area contributed by atoms with Crippen LogP contribution in [0.5, 0.6) is 0 Å². The first kappa shape index (κ1) is 16.0. The molecule has 2 amide bonds. The zero-order valence-electron chi connectivity index (χ0n) is 15.0. The van der Waals surface area contributed by atoms with E-state index in [1.807, 2.05) is 52.0 Å². The molecule has 2 aliphatic rings. The summed E-state index contributed by atoms with van der Waals surface area (Å²) in [6.07, 6.45) is 4.23. The van der Waals surface area contributed by atoms with Crippen molar-refractivity contribution in [3.63, 3.8) is 0 Å². The average Bonchev–Trinajstić information content (AvgIpc) is 3.47. The molecule has 0 spiro atoms. The number of carbonyl (C=O) groups is 1. The summed E-state index contributed by atoms with van der Waals surface area (Å²) in [5, 5.41) is 16.1. The lowest BCUT2D eigenvalue weighted by molar-refractivity contribution is 0.208. The third kappa shape index (κ3) is 3.18. The fourth-order valence-corrected chi connectivity index (χ4v) is 3.46. The Morgan fingerprint density at radius 2 is 1.81 bits per heavy atom. The second-order valence-electron chi connectivity index (χ2n) is 7.09. The van der Waals surface area contributed by atoms with E-state index in [0.717, 1.165) is 35.9 Å². The number of amides is 2. The molecule has 138 valence electrons. The first-order valence-electron chi connectivity index (χ1n) is 9.35. The molecule has 3 heterocycles. The Bertz CT molecular complexity index is 959. The SMILES string of the molecule is O=C(Nc1ccccc1)N1CCN(c2cnn3c(C4CC4)nnc3c2)CC1. The molecule has 2 aromatic heterocycles. The number of benzene rings is 1. The maximum atomic E-state index is 12.4. The van der Waals surface area contributed by atoms with E-state index in [1.165, 1.54) is 12.8 Å². The topological polar surface area (TPSA) is 78.7 Å². The zero-order valence-corrected chi connectivity index (χ0v) is 15.0. The van der Waals surface area contributed by atoms with Gasteiger partial charge in [0.2, 0.25) is 0 Å². The fourth-order valence-electron chi connectivity index (χ4n) is 3.46. The highest BCUT2D eigenvalue weighted by atomic mass is 16.2. The first-order chi connectivity index (χ1) is 13.3. The number of carbonyl (C=O) groups excluding carboxylic acids is 1. The maximum Gasteiger partial charge on any atom is 0.321 e. The molecule has 3 aromatic rings. The van der Waals surface area contributed by atoms with Gasteiger partial charge in [0.15, 0.2) is 11.5 Å². The van der Waals surface area contributed by atoms with Gasteiger partial charge in [0.25, 0.3) is 0 Å². The van der Waals surface area contributed by atoms with Crippen LogP contribution in [-0.4, -0.2) is 56.9 Å². The summed E-state index contributed by atoms with van der Waals surface area (Å²) < 4.78 is 1.85. The van der Waals surface area contributed by atoms with Gasteiger partial charge in [-0.2, -0.15) is 9.61 Å². The van der Waals surface area contributed by atoms with E-state index < -0.39 is 0 Å². The van der Waals surface area contributed by atoms with E-state index in [4.69, 9.17) is 0 Å². The van der Waals surface area contributed by atoms with Gasteiger partial charge < -0.3 is 15.1 Å². The van der Waals surface area contributed by atoms with Crippen molar-refractivity contribution in [2.75, 3.05) is 36.4 Å². The van der Waals surface area contributed by atoms with Gasteiger partial charge in [-0.1, -0.05) is 18.2 Å². The molecule has 0 bridgehead atoms. The van der Waals surface area contributed by atoms with E-state index >= 15 is 0 Å². The highest BCUT2D eigenvalue weighted by Gasteiger charge is 2.29. The second-order valence-corrected chi connectivity index (χ2v) is 7.09. The lowest BCUT2D eigenvalue weighted by Gasteiger charge is -2.35. The molecule has 0 radical (unpaired) electrons. The van der Waals surface area contributed by atoms with Crippen molar-refractivity contribution < 1.29 is 4.79 Å². The summed E-state index contributed by atoms with van der Waals surface area (Å²) in [5.74, 6) is 1.49. The monoisotopic (exact) mass is 363 g/mol. The number of para-hydroxylation sites is 1. The summed E-state index contributed by atoms with van der Waals surface area (Å²) >= 11 is 0. The van der Waals surface area contributed by atoms with Crippen LogP contribution in [0.1, 0.15) is 24.6 Å². The lowest BCUT2D eigenvalue weighted by Crippen LogP contribution is -2.50. The van der Waals surface area contributed by atoms with Gasteiger partial charge in [0.05, 0.1) is 11.9 Å². The Morgan fingerprint density at radius 1 is 1.04 bits per heavy atom. The normalized spacial score (nSPS) is 17.3. The Morgan fingerprint density at radius 3 is 2.56 bits per heavy atom. The van der Waals surface area contributed by atoms with E-state index in [9.17, 15) is 4.79 Å². The van der Waals surface area contributed by atoms with Gasteiger partial charge >= 0.3 is 6.03 Å². The van der Waals surface area contributed by atoms with E-state index in [1.54, 1.807) is 0 Å². The van der Waals surface area contributed by atoms with Crippen LogP contribution in [0.15, 0.2) is 42.6 Å². The number of nitrogens with zero attached hydrogens (tertiary/aromatic N) is 6. The van der Waals surface area contributed by atoms with Crippen molar-refractivity contribution in [1.29, 1.82) is 0 Å². The highest BCUT2D eigenvalue weighted by molar-refractivity contribution is 5.89. The van der Waals surface area contributed by atoms with Crippen LogP contribution in [0.4, 0.5) is 16.2 Å². The molecule has 1 N–H and O–H groups in total. The van der Waals surface area contributed by atoms with E-state index in [-0.39, 0.29) is 6.03 Å². The molecule has 1 aromatic carbocycles. The Kier molecular flexibility index (Phi) is 3.88. The number of urea groups is 1. The number of hydrogen-bond donors (Lipinski definition) is 1. The van der Waals surface area contributed by atoms with Crippen LogP contribution in [0.2, 0.25) is 0 Å². The molecule has 1 saturated carbocycles. The summed E-state index contributed by atoms with van der Waals surface area (Å²) in [4.78, 5) is 16.5. The highest BCUT2D eigenvalue weighted by Crippen LogP contribution is 2.38. The molecule has 5 rings (SSSR count). The Hall–Kier alpha value is -3.16. The quantitative estimate of drug-likeness (QED) is 0.773. The maximum absolute atomic E-state index is 12.4. The number of aromatic nitrogens is 4. The van der Waals surface area contributed by atoms with Crippen molar-refractivity contribution in [2.45, 2.75) is 18.8 Å². The lowest BCUT2D eigenvalue weighted by atomic mass is 10.3. The van der Waals surface area contributed by atoms with Crippen molar-refractivity contribution in [2.24, 2.45) is 0 Å². The molecule has 1 aliphatic carbocycles. The third-order valence-corrected chi connectivity index (χ3v) is 5.17. The largest absolute Gasteiger partial charge is 0.367 e. The zero-order chi connectivity index (χ0) is 18.2. The van der Waals surface area contributed by atoms with Crippen molar-refractivity contribution >= 4 is 23.1 Å². The Balaban J connectivity index is 1.23. The molecule has 1 aliphatic heterocycles. The van der Waals surface area contributed by atoms with Gasteiger partial charge in [-0.25, -0.2) is 4.79 Å². The number of fused-ring (bicyclic) bond motifs is 1. The van der Waals surface area contributed by atoms with Crippen molar-refractivity contribution in [1.82, 2.24) is 24.7 Å². The predicted octanol–water partition coefficient (Wildman–Crippen LogP) is 2.36. The van der Waals surface area contributed by atoms with E-state index in [0.29, 0.717) is 19.0 Å². The van der Waals surface area contributed by atoms with Gasteiger partial charge in [0, 0.05) is 43.9 Å². The second kappa shape index (κ2) is 6.53. The molecule has 0 atom stereocenters. The summed E-state index contributed by atoms with van der Waals surface area (Å²) in [6, 6.07) is 11.5. The minimum absolute atomic E-state index is 0.0547. The molecule has 1 saturated heterocycles. The van der Waals surface area contributed by atoms with Crippen LogP contribution >= 0.6 is 0 Å². The summed E-state index contributed by atoms with van der Waals surface area (Å²) in [6.45, 7) is 2.88. The van der Waals surface area contributed by atoms with Crippen LogP contribution in [0.25, 0.3) is 5.65 Å². The minimum Gasteiger partial charge on any atom is -0.367 e. The van der Waals surface area contributed by atoms with Gasteiger partial charge in [-0.3, -0.25) is 0 Å². The van der Waals surface area contributed by atoms with Crippen molar-refractivity contribution in [3.05, 3.63) is 48.4 Å². The van der Waals surface area contributed by atoms with E-state index in [2.05, 4.69) is 25.5 Å². The van der Waals surface area contributed by atoms with Crippen LogP contribution in [0, 0.1) is 0 Å². The van der Waals surface area contributed by atoms with Gasteiger partial charge in [-0.05, 0) is 25.0 Å². The minimum atomic E-state index is -0.0547. The first-order valence-corrected chi connectivity index (χ1v) is 9.35. The van der Waals surface area contributed by atoms with Crippen LogP contribution in [0.3, 0.4) is 0 Å². The standard InChI is InChI=1S/C19H21N7O/c27-19(21-15-4-2-1-3-5-15)25-10-8-24(9-11-25)16-12-17-22-23-18(14-6-7-14)26(17)20-13-16/h1-5,12-14H,6-11H2,(H,21,27). The Labute approximate surface area is 156 Å². The summed E-state index contributed by atoms with van der Waals surface area (Å²) in [5.41, 5.74) is 2.64. The number of piperazine rings is 1. The smallest absolute Gasteiger partial charge is 0.321 e. The summed E-state index contributed by atoms with van der Waals surface area (Å²) in [7, 11) is 0. The molecular weight excluding hydrogens is 342 g/mol. The van der Waals surface area contributed by atoms with Crippen LogP contribution < -0.4 is 10.2 Å². The fraction of sp³-hybridized carbons (Fsp3) is 0.368. The number of nitrogens with one attached hydrogen (secondary N) is 1. The van der Waals surface area contributed by atoms with Crippen LogP contribution in [-0.2, 0) is 0 Å². The molecule has 8 heteroatoms. The molecule has 27 heavy (non-hydrogen) atoms. The third-order valence-electron chi connectivity index (χ3n) is 5.17. The predicted molar refractivity (Wildman–Crippen MR) is 102 cm³/mol. The average molecular weight is 363 g/mol.